The summed E-state index contributed by atoms with van der Waals surface area (Å²) in [5.74, 6) is 0. The Morgan fingerprint density at radius 3 is 2.80 bits per heavy atom. The van der Waals surface area contributed by atoms with Gasteiger partial charge in [0, 0.05) is 19.2 Å². The van der Waals surface area contributed by atoms with Gasteiger partial charge in [0.1, 0.15) is 5.69 Å². The van der Waals surface area contributed by atoms with Crippen LogP contribution in [-0.4, -0.2) is 29.3 Å². The van der Waals surface area contributed by atoms with E-state index in [4.69, 9.17) is 10.8 Å². The van der Waals surface area contributed by atoms with Crippen molar-refractivity contribution in [2.75, 3.05) is 23.8 Å². The first kappa shape index (κ1) is 14.9. The summed E-state index contributed by atoms with van der Waals surface area (Å²) in [6.07, 6.45) is -0.121. The summed E-state index contributed by atoms with van der Waals surface area (Å²) in [7, 11) is 0. The monoisotopic (exact) mass is 289 g/mol. The van der Waals surface area contributed by atoms with E-state index in [1.54, 1.807) is 0 Å². The van der Waals surface area contributed by atoms with Crippen LogP contribution in [0, 0.1) is 0 Å². The van der Waals surface area contributed by atoms with Crippen LogP contribution in [0.4, 0.5) is 24.5 Å². The van der Waals surface area contributed by atoms with Crippen molar-refractivity contribution in [1.29, 1.82) is 0 Å². The molecule has 1 atom stereocenters. The summed E-state index contributed by atoms with van der Waals surface area (Å²) in [6.45, 7) is 0.661. The summed E-state index contributed by atoms with van der Waals surface area (Å²) in [6, 6.07) is 1.03. The Hall–Kier alpha value is -1.50. The van der Waals surface area contributed by atoms with Crippen LogP contribution in [-0.2, 0) is 6.18 Å². The molecule has 0 radical (unpaired) electrons. The number of anilines is 2. The first-order chi connectivity index (χ1) is 9.43. The fraction of sp³-hybridized carbons (Fsp3) is 0.615. The summed E-state index contributed by atoms with van der Waals surface area (Å²) >= 11 is 0. The van der Waals surface area contributed by atoms with Crippen LogP contribution in [0.5, 0.6) is 0 Å². The van der Waals surface area contributed by atoms with Crippen LogP contribution >= 0.6 is 0 Å². The van der Waals surface area contributed by atoms with Crippen LogP contribution in [0.15, 0.2) is 12.3 Å². The van der Waals surface area contributed by atoms with E-state index in [1.807, 2.05) is 4.90 Å². The van der Waals surface area contributed by atoms with Gasteiger partial charge in [0.15, 0.2) is 0 Å². The predicted octanol–water partition coefficient (Wildman–Crippen LogP) is 2.42. The zero-order valence-electron chi connectivity index (χ0n) is 11.0. The van der Waals surface area contributed by atoms with Gasteiger partial charge in [0.25, 0.3) is 0 Å². The summed E-state index contributed by atoms with van der Waals surface area (Å²) < 4.78 is 38.3. The second-order valence-corrected chi connectivity index (χ2v) is 4.98. The minimum atomic E-state index is -4.48. The molecule has 1 aliphatic heterocycles. The maximum Gasteiger partial charge on any atom is 0.433 e. The Morgan fingerprint density at radius 1 is 1.40 bits per heavy atom. The van der Waals surface area contributed by atoms with Crippen LogP contribution < -0.4 is 10.6 Å². The lowest BCUT2D eigenvalue weighted by molar-refractivity contribution is -0.141. The Morgan fingerprint density at radius 2 is 2.15 bits per heavy atom. The number of halogens is 3. The third-order valence-electron chi connectivity index (χ3n) is 3.60. The van der Waals surface area contributed by atoms with Crippen molar-refractivity contribution < 1.29 is 18.3 Å². The first-order valence-corrected chi connectivity index (χ1v) is 6.63. The molecular weight excluding hydrogens is 271 g/mol. The minimum Gasteiger partial charge on any atom is -0.396 e. The van der Waals surface area contributed by atoms with Crippen LogP contribution in [0.3, 0.4) is 0 Å². The Kier molecular flexibility index (Phi) is 4.37. The molecule has 1 unspecified atom stereocenters. The molecule has 4 nitrogen and oxygen atoms in total. The second-order valence-electron chi connectivity index (χ2n) is 4.98. The van der Waals surface area contributed by atoms with Crippen molar-refractivity contribution in [2.24, 2.45) is 0 Å². The molecule has 0 aliphatic carbocycles. The zero-order chi connectivity index (χ0) is 14.8. The molecule has 7 heteroatoms. The number of hydrogen-bond donors (Lipinski definition) is 2. The zero-order valence-corrected chi connectivity index (χ0v) is 11.0. The van der Waals surface area contributed by atoms with Crippen molar-refractivity contribution in [3.8, 4) is 0 Å². The molecule has 20 heavy (non-hydrogen) atoms. The van der Waals surface area contributed by atoms with Gasteiger partial charge in [-0.05, 0) is 31.7 Å². The van der Waals surface area contributed by atoms with Gasteiger partial charge in [-0.1, -0.05) is 0 Å². The highest BCUT2D eigenvalue weighted by Crippen LogP contribution is 2.35. The maximum absolute atomic E-state index is 12.8. The molecule has 2 heterocycles. The van der Waals surface area contributed by atoms with E-state index in [-0.39, 0.29) is 18.3 Å². The smallest absolute Gasteiger partial charge is 0.396 e. The third kappa shape index (κ3) is 3.15. The number of nitrogen functional groups attached to an aromatic ring is 1. The van der Waals surface area contributed by atoms with Crippen molar-refractivity contribution in [3.63, 3.8) is 0 Å². The van der Waals surface area contributed by atoms with E-state index in [2.05, 4.69) is 4.98 Å². The molecule has 112 valence electrons. The van der Waals surface area contributed by atoms with Gasteiger partial charge in [0.05, 0.1) is 17.6 Å². The molecule has 1 aliphatic rings. The van der Waals surface area contributed by atoms with Gasteiger partial charge >= 0.3 is 6.18 Å². The van der Waals surface area contributed by atoms with Crippen molar-refractivity contribution in [2.45, 2.75) is 37.9 Å². The summed E-state index contributed by atoms with van der Waals surface area (Å²) in [5.41, 5.74) is 5.46. The number of nitrogens with zero attached hydrogens (tertiary/aromatic N) is 2. The van der Waals surface area contributed by atoms with Gasteiger partial charge < -0.3 is 15.7 Å². The average Bonchev–Trinajstić information content (AvgIpc) is 2.39. The Labute approximate surface area is 115 Å². The molecule has 1 aromatic heterocycles. The van der Waals surface area contributed by atoms with Crippen molar-refractivity contribution in [3.05, 3.63) is 18.0 Å². The van der Waals surface area contributed by atoms with E-state index in [0.717, 1.165) is 31.5 Å². The number of hydrogen-bond acceptors (Lipinski definition) is 4. The molecule has 1 aromatic rings. The fourth-order valence-electron chi connectivity index (χ4n) is 2.63. The average molecular weight is 289 g/mol. The lowest BCUT2D eigenvalue weighted by Crippen LogP contribution is -2.40. The number of piperidine rings is 1. The standard InChI is InChI=1S/C13H18F3N3O/c14-13(15,16)12-7-11(10(17)8-18-12)19-5-2-1-3-9(19)4-6-20/h7-9,20H,1-6,17H2. The van der Waals surface area contributed by atoms with Gasteiger partial charge in [-0.15, -0.1) is 0 Å². The topological polar surface area (TPSA) is 62.4 Å². The molecule has 3 N–H and O–H groups in total. The molecule has 0 saturated carbocycles. The van der Waals surface area contributed by atoms with E-state index in [9.17, 15) is 13.2 Å². The molecule has 0 aromatic carbocycles. The SMILES string of the molecule is Nc1cnc(C(F)(F)F)cc1N1CCCCC1CCO. The minimum absolute atomic E-state index is 0.0122. The van der Waals surface area contributed by atoms with E-state index < -0.39 is 11.9 Å². The summed E-state index contributed by atoms with van der Waals surface area (Å²) in [5, 5.41) is 9.09. The number of nitrogens with two attached hydrogens (primary N) is 1. The highest BCUT2D eigenvalue weighted by Gasteiger charge is 2.34. The largest absolute Gasteiger partial charge is 0.433 e. The quantitative estimate of drug-likeness (QED) is 0.897. The van der Waals surface area contributed by atoms with Crippen LogP contribution in [0.25, 0.3) is 0 Å². The molecule has 0 amide bonds. The maximum atomic E-state index is 12.8. The molecular formula is C13H18F3N3O. The number of alkyl halides is 3. The van der Waals surface area contributed by atoms with Gasteiger partial charge in [-0.2, -0.15) is 13.2 Å². The van der Waals surface area contributed by atoms with E-state index in [1.165, 1.54) is 0 Å². The third-order valence-corrected chi connectivity index (χ3v) is 3.60. The second kappa shape index (κ2) is 5.87. The van der Waals surface area contributed by atoms with Gasteiger partial charge in [-0.3, -0.25) is 0 Å². The van der Waals surface area contributed by atoms with Crippen molar-refractivity contribution >= 4 is 11.4 Å². The number of rotatable bonds is 3. The van der Waals surface area contributed by atoms with Gasteiger partial charge in [0.2, 0.25) is 0 Å². The number of aromatic nitrogens is 1. The molecule has 2 rings (SSSR count). The normalized spacial score (nSPS) is 20.2. The molecule has 0 bridgehead atoms. The highest BCUT2D eigenvalue weighted by molar-refractivity contribution is 5.67. The Balaban J connectivity index is 2.34. The number of pyridine rings is 1. The molecule has 0 spiro atoms. The van der Waals surface area contributed by atoms with E-state index >= 15 is 0 Å². The van der Waals surface area contributed by atoms with Crippen LogP contribution in [0.1, 0.15) is 31.4 Å². The predicted molar refractivity (Wildman–Crippen MR) is 70.3 cm³/mol. The first-order valence-electron chi connectivity index (χ1n) is 6.63. The highest BCUT2D eigenvalue weighted by atomic mass is 19.4. The number of aliphatic hydroxyl groups excluding tert-OH is 1. The summed E-state index contributed by atoms with van der Waals surface area (Å²) in [4.78, 5) is 5.22. The fourth-order valence-corrected chi connectivity index (χ4v) is 2.63. The van der Waals surface area contributed by atoms with Crippen LogP contribution in [0.2, 0.25) is 0 Å². The lowest BCUT2D eigenvalue weighted by atomic mass is 9.98. The van der Waals surface area contributed by atoms with E-state index in [0.29, 0.717) is 18.7 Å². The lowest BCUT2D eigenvalue weighted by Gasteiger charge is -2.38. The van der Waals surface area contributed by atoms with Gasteiger partial charge in [-0.25, -0.2) is 4.98 Å². The number of aliphatic hydroxyl groups is 1. The molecule has 1 saturated heterocycles. The molecule has 1 fully saturated rings. The van der Waals surface area contributed by atoms with Crippen molar-refractivity contribution in [1.82, 2.24) is 4.98 Å². The Bertz CT molecular complexity index is 463.